The molecule has 1 aromatic rings. The first kappa shape index (κ1) is 14.0. The van der Waals surface area contributed by atoms with Gasteiger partial charge in [0, 0.05) is 6.04 Å². The number of methoxy groups -OCH3 is 1. The fourth-order valence-corrected chi connectivity index (χ4v) is 1.99. The van der Waals surface area contributed by atoms with E-state index in [2.05, 4.69) is 26.0 Å². The lowest BCUT2D eigenvalue weighted by molar-refractivity contribution is 0.414. The molecule has 0 amide bonds. The molecular weight excluding hydrogens is 210 g/mol. The van der Waals surface area contributed by atoms with Crippen molar-refractivity contribution in [3.05, 3.63) is 29.8 Å². The topological polar surface area (TPSA) is 35.2 Å². The van der Waals surface area contributed by atoms with E-state index in [4.69, 9.17) is 10.5 Å². The zero-order chi connectivity index (χ0) is 12.7. The minimum Gasteiger partial charge on any atom is -0.497 e. The Labute approximate surface area is 105 Å². The highest BCUT2D eigenvalue weighted by molar-refractivity contribution is 5.28. The van der Waals surface area contributed by atoms with Crippen molar-refractivity contribution in [2.75, 3.05) is 7.11 Å². The van der Waals surface area contributed by atoms with E-state index >= 15 is 0 Å². The molecular formula is C15H25NO. The van der Waals surface area contributed by atoms with Gasteiger partial charge in [0.25, 0.3) is 0 Å². The fraction of sp³-hybridized carbons (Fsp3) is 0.600. The zero-order valence-electron chi connectivity index (χ0n) is 11.3. The predicted molar refractivity (Wildman–Crippen MR) is 73.4 cm³/mol. The second-order valence-corrected chi connectivity index (χ2v) is 5.14. The molecule has 2 heteroatoms. The third-order valence-electron chi connectivity index (χ3n) is 2.99. The Balaban J connectivity index is 2.36. The van der Waals surface area contributed by atoms with Crippen LogP contribution in [0.25, 0.3) is 0 Å². The van der Waals surface area contributed by atoms with Gasteiger partial charge in [-0.2, -0.15) is 0 Å². The summed E-state index contributed by atoms with van der Waals surface area (Å²) in [7, 11) is 1.70. The smallest absolute Gasteiger partial charge is 0.119 e. The molecule has 1 aromatic carbocycles. The summed E-state index contributed by atoms with van der Waals surface area (Å²) < 4.78 is 5.21. The van der Waals surface area contributed by atoms with Gasteiger partial charge in [0.2, 0.25) is 0 Å². The van der Waals surface area contributed by atoms with Gasteiger partial charge in [-0.3, -0.25) is 0 Å². The first-order chi connectivity index (χ1) is 8.11. The molecule has 0 aliphatic carbocycles. The molecule has 2 N–H and O–H groups in total. The SMILES string of the molecule is COc1cccc(CC(N)CCCC(C)C)c1. The number of hydrogen-bond acceptors (Lipinski definition) is 2. The number of hydrogen-bond donors (Lipinski definition) is 1. The summed E-state index contributed by atoms with van der Waals surface area (Å²) in [6.45, 7) is 4.52. The van der Waals surface area contributed by atoms with Crippen molar-refractivity contribution in [2.45, 2.75) is 45.6 Å². The van der Waals surface area contributed by atoms with Crippen molar-refractivity contribution in [1.82, 2.24) is 0 Å². The van der Waals surface area contributed by atoms with E-state index in [9.17, 15) is 0 Å². The van der Waals surface area contributed by atoms with Crippen molar-refractivity contribution in [2.24, 2.45) is 11.7 Å². The summed E-state index contributed by atoms with van der Waals surface area (Å²) >= 11 is 0. The van der Waals surface area contributed by atoms with Crippen LogP contribution in [0.4, 0.5) is 0 Å². The molecule has 0 radical (unpaired) electrons. The van der Waals surface area contributed by atoms with Crippen LogP contribution in [0.2, 0.25) is 0 Å². The Hall–Kier alpha value is -1.02. The molecule has 1 unspecified atom stereocenters. The number of nitrogens with two attached hydrogens (primary N) is 1. The molecule has 0 bridgehead atoms. The van der Waals surface area contributed by atoms with E-state index in [0.29, 0.717) is 0 Å². The maximum absolute atomic E-state index is 6.14. The lowest BCUT2D eigenvalue weighted by Gasteiger charge is -2.13. The van der Waals surface area contributed by atoms with Crippen molar-refractivity contribution in [3.8, 4) is 5.75 Å². The molecule has 0 heterocycles. The van der Waals surface area contributed by atoms with Crippen molar-refractivity contribution in [3.63, 3.8) is 0 Å². The van der Waals surface area contributed by atoms with Crippen LogP contribution in [0.3, 0.4) is 0 Å². The fourth-order valence-electron chi connectivity index (χ4n) is 1.99. The molecule has 0 aliphatic rings. The van der Waals surface area contributed by atoms with Crippen LogP contribution in [0.5, 0.6) is 5.75 Å². The van der Waals surface area contributed by atoms with Crippen LogP contribution < -0.4 is 10.5 Å². The molecule has 1 rings (SSSR count). The average molecular weight is 235 g/mol. The molecule has 0 saturated carbocycles. The summed E-state index contributed by atoms with van der Waals surface area (Å²) in [6.07, 6.45) is 4.54. The van der Waals surface area contributed by atoms with Crippen molar-refractivity contribution >= 4 is 0 Å². The summed E-state index contributed by atoms with van der Waals surface area (Å²) in [5, 5.41) is 0. The maximum Gasteiger partial charge on any atom is 0.119 e. The van der Waals surface area contributed by atoms with Crippen LogP contribution >= 0.6 is 0 Å². The van der Waals surface area contributed by atoms with Gasteiger partial charge in [-0.25, -0.2) is 0 Å². The highest BCUT2D eigenvalue weighted by Crippen LogP contribution is 2.15. The predicted octanol–water partition coefficient (Wildman–Crippen LogP) is 3.39. The van der Waals surface area contributed by atoms with Gasteiger partial charge in [0.1, 0.15) is 5.75 Å². The summed E-state index contributed by atoms with van der Waals surface area (Å²) in [4.78, 5) is 0. The molecule has 96 valence electrons. The van der Waals surface area contributed by atoms with Crippen molar-refractivity contribution < 1.29 is 4.74 Å². The van der Waals surface area contributed by atoms with E-state index in [0.717, 1.165) is 24.5 Å². The van der Waals surface area contributed by atoms with Crippen LogP contribution in [-0.2, 0) is 6.42 Å². The first-order valence-corrected chi connectivity index (χ1v) is 6.50. The Morgan fingerprint density at radius 2 is 2.00 bits per heavy atom. The highest BCUT2D eigenvalue weighted by Gasteiger charge is 2.05. The van der Waals surface area contributed by atoms with Crippen molar-refractivity contribution in [1.29, 1.82) is 0 Å². The normalized spacial score (nSPS) is 12.8. The van der Waals surface area contributed by atoms with Crippen LogP contribution in [-0.4, -0.2) is 13.2 Å². The van der Waals surface area contributed by atoms with Gasteiger partial charge in [0.15, 0.2) is 0 Å². The molecule has 1 atom stereocenters. The minimum atomic E-state index is 0.265. The van der Waals surface area contributed by atoms with Crippen LogP contribution in [0.15, 0.2) is 24.3 Å². The van der Waals surface area contributed by atoms with E-state index in [1.807, 2.05) is 12.1 Å². The summed E-state index contributed by atoms with van der Waals surface area (Å²) in [5.74, 6) is 1.69. The quantitative estimate of drug-likeness (QED) is 0.786. The van der Waals surface area contributed by atoms with Gasteiger partial charge in [0.05, 0.1) is 7.11 Å². The molecule has 17 heavy (non-hydrogen) atoms. The number of rotatable bonds is 7. The van der Waals surface area contributed by atoms with Gasteiger partial charge < -0.3 is 10.5 Å². The van der Waals surface area contributed by atoms with E-state index in [1.165, 1.54) is 18.4 Å². The molecule has 0 aliphatic heterocycles. The monoisotopic (exact) mass is 235 g/mol. The number of benzene rings is 1. The Bertz CT molecular complexity index is 322. The number of ether oxygens (including phenoxy) is 1. The van der Waals surface area contributed by atoms with Gasteiger partial charge >= 0.3 is 0 Å². The molecule has 0 spiro atoms. The molecule has 0 saturated heterocycles. The average Bonchev–Trinajstić information content (AvgIpc) is 2.28. The Morgan fingerprint density at radius 1 is 1.24 bits per heavy atom. The van der Waals surface area contributed by atoms with Crippen LogP contribution in [0.1, 0.15) is 38.7 Å². The lowest BCUT2D eigenvalue weighted by Crippen LogP contribution is -2.22. The van der Waals surface area contributed by atoms with Gasteiger partial charge in [-0.15, -0.1) is 0 Å². The Kier molecular flexibility index (Phi) is 6.06. The molecule has 2 nitrogen and oxygen atoms in total. The summed E-state index contributed by atoms with van der Waals surface area (Å²) in [6, 6.07) is 8.44. The molecule has 0 fully saturated rings. The maximum atomic E-state index is 6.14. The largest absolute Gasteiger partial charge is 0.497 e. The van der Waals surface area contributed by atoms with E-state index < -0.39 is 0 Å². The minimum absolute atomic E-state index is 0.265. The third-order valence-corrected chi connectivity index (χ3v) is 2.99. The van der Waals surface area contributed by atoms with E-state index in [-0.39, 0.29) is 6.04 Å². The standard InChI is InChI=1S/C15H25NO/c1-12(2)6-4-8-14(16)10-13-7-5-9-15(11-13)17-3/h5,7,9,11-12,14H,4,6,8,10,16H2,1-3H3. The van der Waals surface area contributed by atoms with Gasteiger partial charge in [-0.05, 0) is 36.5 Å². The molecule has 0 aromatic heterocycles. The third kappa shape index (κ3) is 5.73. The zero-order valence-corrected chi connectivity index (χ0v) is 11.3. The second-order valence-electron chi connectivity index (χ2n) is 5.14. The highest BCUT2D eigenvalue weighted by atomic mass is 16.5. The van der Waals surface area contributed by atoms with Crippen LogP contribution in [0, 0.1) is 5.92 Å². The van der Waals surface area contributed by atoms with Gasteiger partial charge in [-0.1, -0.05) is 38.8 Å². The summed E-state index contributed by atoms with van der Waals surface area (Å²) in [5.41, 5.74) is 7.41. The second kappa shape index (κ2) is 7.33. The first-order valence-electron chi connectivity index (χ1n) is 6.50. The van der Waals surface area contributed by atoms with E-state index in [1.54, 1.807) is 7.11 Å². The Morgan fingerprint density at radius 3 is 2.65 bits per heavy atom. The lowest BCUT2D eigenvalue weighted by atomic mass is 9.99.